The van der Waals surface area contributed by atoms with Crippen LogP contribution in [0, 0.1) is 0 Å². The van der Waals surface area contributed by atoms with E-state index in [1.165, 1.54) is 12.4 Å². The van der Waals surface area contributed by atoms with Crippen LogP contribution in [-0.2, 0) is 13.2 Å². The molecule has 4 aromatic heterocycles. The number of para-hydroxylation sites is 1. The summed E-state index contributed by atoms with van der Waals surface area (Å²) in [6.45, 7) is 0. The van der Waals surface area contributed by atoms with Crippen LogP contribution in [0.5, 0.6) is 0 Å². The number of fused-ring (bicyclic) bond motifs is 4. The molecule has 1 aromatic carbocycles. The fourth-order valence-corrected chi connectivity index (χ4v) is 3.46. The molecule has 0 unspecified atom stereocenters. The monoisotopic (exact) mass is 395 g/mol. The van der Waals surface area contributed by atoms with E-state index in [9.17, 15) is 18.0 Å². The van der Waals surface area contributed by atoms with E-state index in [1.54, 1.807) is 35.9 Å². The fraction of sp³-hybridized carbons (Fsp3) is 0.100. The average molecular weight is 395 g/mol. The van der Waals surface area contributed by atoms with Gasteiger partial charge in [-0.05, 0) is 30.3 Å². The van der Waals surface area contributed by atoms with Crippen LogP contribution in [0.15, 0.2) is 59.7 Å². The lowest BCUT2D eigenvalue weighted by molar-refractivity contribution is -0.141. The quantitative estimate of drug-likeness (QED) is 0.433. The summed E-state index contributed by atoms with van der Waals surface area (Å²) in [5.41, 5.74) is -0.621. The van der Waals surface area contributed by atoms with E-state index in [0.29, 0.717) is 16.4 Å². The molecule has 9 heteroatoms. The van der Waals surface area contributed by atoms with Gasteiger partial charge < -0.3 is 4.57 Å². The van der Waals surface area contributed by atoms with Crippen LogP contribution in [-0.4, -0.2) is 24.1 Å². The molecule has 0 N–H and O–H groups in total. The summed E-state index contributed by atoms with van der Waals surface area (Å²) in [6.07, 6.45) is -3.20. The lowest BCUT2D eigenvalue weighted by Gasteiger charge is -2.13. The SMILES string of the molecule is Cn1cnc2c(=O)n(-c3ccc4ccccc4n3)c3nc(C(F)(F)F)ccc3c21. The molecule has 0 spiro atoms. The maximum absolute atomic E-state index is 13.3. The van der Waals surface area contributed by atoms with Crippen molar-refractivity contribution in [2.45, 2.75) is 6.18 Å². The van der Waals surface area contributed by atoms with Gasteiger partial charge in [-0.1, -0.05) is 18.2 Å². The molecule has 4 heterocycles. The van der Waals surface area contributed by atoms with E-state index in [0.717, 1.165) is 16.0 Å². The molecule has 0 atom stereocenters. The Hall–Kier alpha value is -3.75. The molecule has 144 valence electrons. The fourth-order valence-electron chi connectivity index (χ4n) is 3.46. The van der Waals surface area contributed by atoms with Gasteiger partial charge in [-0.15, -0.1) is 0 Å². The molecule has 0 aliphatic carbocycles. The van der Waals surface area contributed by atoms with Crippen LogP contribution in [0.2, 0.25) is 0 Å². The number of nitrogens with zero attached hydrogens (tertiary/aromatic N) is 5. The van der Waals surface area contributed by atoms with E-state index < -0.39 is 17.4 Å². The van der Waals surface area contributed by atoms with Gasteiger partial charge in [0.2, 0.25) is 0 Å². The van der Waals surface area contributed by atoms with Crippen molar-refractivity contribution in [1.29, 1.82) is 0 Å². The van der Waals surface area contributed by atoms with Crippen LogP contribution >= 0.6 is 0 Å². The van der Waals surface area contributed by atoms with Crippen molar-refractivity contribution in [1.82, 2.24) is 24.1 Å². The molecule has 6 nitrogen and oxygen atoms in total. The van der Waals surface area contributed by atoms with Crippen LogP contribution < -0.4 is 5.56 Å². The van der Waals surface area contributed by atoms with Crippen molar-refractivity contribution in [2.75, 3.05) is 0 Å². The van der Waals surface area contributed by atoms with Crippen LogP contribution in [0.25, 0.3) is 38.8 Å². The molecular formula is C20H12F3N5O. The smallest absolute Gasteiger partial charge is 0.333 e. The molecule has 0 fully saturated rings. The molecule has 5 rings (SSSR count). The van der Waals surface area contributed by atoms with Gasteiger partial charge in [-0.2, -0.15) is 13.2 Å². The highest BCUT2D eigenvalue weighted by Gasteiger charge is 2.33. The number of imidazole rings is 1. The molecule has 0 saturated heterocycles. The maximum atomic E-state index is 13.3. The normalized spacial score (nSPS) is 12.3. The van der Waals surface area contributed by atoms with Gasteiger partial charge in [0.05, 0.1) is 17.4 Å². The second-order valence-corrected chi connectivity index (χ2v) is 6.62. The second kappa shape index (κ2) is 5.87. The summed E-state index contributed by atoms with van der Waals surface area (Å²) >= 11 is 0. The zero-order valence-electron chi connectivity index (χ0n) is 15.0. The topological polar surface area (TPSA) is 65.6 Å². The standard InChI is InChI=1S/C20H12F3N5O/c1-27-10-24-16-17(27)12-7-8-14(20(21,22)23)26-18(12)28(19(16)29)15-9-6-11-4-2-3-5-13(11)25-15/h2-10H,1H3. The van der Waals surface area contributed by atoms with Crippen molar-refractivity contribution < 1.29 is 13.2 Å². The highest BCUT2D eigenvalue weighted by molar-refractivity contribution is 6.01. The molecule has 0 bridgehead atoms. The van der Waals surface area contributed by atoms with Crippen molar-refractivity contribution in [3.8, 4) is 5.82 Å². The third-order valence-corrected chi connectivity index (χ3v) is 4.79. The number of halogens is 3. The minimum atomic E-state index is -4.65. The number of pyridine rings is 3. The zero-order chi connectivity index (χ0) is 20.3. The first kappa shape index (κ1) is 17.4. The number of hydrogen-bond acceptors (Lipinski definition) is 4. The van der Waals surface area contributed by atoms with Crippen LogP contribution in [0.3, 0.4) is 0 Å². The van der Waals surface area contributed by atoms with Gasteiger partial charge in [-0.25, -0.2) is 19.5 Å². The lowest BCUT2D eigenvalue weighted by atomic mass is 10.2. The van der Waals surface area contributed by atoms with Gasteiger partial charge >= 0.3 is 6.18 Å². The molecule has 5 aromatic rings. The van der Waals surface area contributed by atoms with E-state index in [-0.39, 0.29) is 17.0 Å². The third-order valence-electron chi connectivity index (χ3n) is 4.79. The van der Waals surface area contributed by atoms with Crippen molar-refractivity contribution in [3.05, 3.63) is 70.9 Å². The Kier molecular flexibility index (Phi) is 3.51. The Balaban J connectivity index is 1.96. The minimum absolute atomic E-state index is 0.122. The Labute approximate surface area is 160 Å². The second-order valence-electron chi connectivity index (χ2n) is 6.62. The van der Waals surface area contributed by atoms with Gasteiger partial charge in [0, 0.05) is 17.8 Å². The first-order valence-electron chi connectivity index (χ1n) is 8.65. The summed E-state index contributed by atoms with van der Waals surface area (Å²) in [7, 11) is 1.67. The van der Waals surface area contributed by atoms with Crippen molar-refractivity contribution >= 4 is 33.0 Å². The highest BCUT2D eigenvalue weighted by atomic mass is 19.4. The Morgan fingerprint density at radius 3 is 2.55 bits per heavy atom. The summed E-state index contributed by atoms with van der Waals surface area (Å²) < 4.78 is 42.6. The summed E-state index contributed by atoms with van der Waals surface area (Å²) in [5, 5.41) is 1.22. The highest BCUT2D eigenvalue weighted by Crippen LogP contribution is 2.31. The van der Waals surface area contributed by atoms with E-state index in [4.69, 9.17) is 0 Å². The predicted molar refractivity (Wildman–Crippen MR) is 102 cm³/mol. The lowest BCUT2D eigenvalue weighted by Crippen LogP contribution is -2.22. The van der Waals surface area contributed by atoms with E-state index in [2.05, 4.69) is 15.0 Å². The first-order valence-corrected chi connectivity index (χ1v) is 8.65. The van der Waals surface area contributed by atoms with Crippen LogP contribution in [0.1, 0.15) is 5.69 Å². The van der Waals surface area contributed by atoms with Gasteiger partial charge in [0.25, 0.3) is 5.56 Å². The van der Waals surface area contributed by atoms with Gasteiger partial charge in [-0.3, -0.25) is 4.79 Å². The summed E-state index contributed by atoms with van der Waals surface area (Å²) in [4.78, 5) is 25.6. The van der Waals surface area contributed by atoms with E-state index in [1.807, 2.05) is 12.1 Å². The Morgan fingerprint density at radius 2 is 1.76 bits per heavy atom. The number of aryl methyl sites for hydroxylation is 1. The van der Waals surface area contributed by atoms with Gasteiger partial charge in [0.15, 0.2) is 11.2 Å². The zero-order valence-corrected chi connectivity index (χ0v) is 15.0. The molecule has 0 amide bonds. The Morgan fingerprint density at radius 1 is 0.966 bits per heavy atom. The summed E-state index contributed by atoms with van der Waals surface area (Å²) in [6, 6.07) is 12.8. The molecule has 0 radical (unpaired) electrons. The number of aromatic nitrogens is 5. The predicted octanol–water partition coefficient (Wildman–Crippen LogP) is 3.84. The summed E-state index contributed by atoms with van der Waals surface area (Å²) in [5.74, 6) is 0.179. The maximum Gasteiger partial charge on any atom is 0.433 e. The largest absolute Gasteiger partial charge is 0.433 e. The molecule has 0 aliphatic rings. The molecule has 0 aliphatic heterocycles. The van der Waals surface area contributed by atoms with Crippen molar-refractivity contribution in [2.24, 2.45) is 7.05 Å². The third kappa shape index (κ3) is 2.58. The molecular weight excluding hydrogens is 383 g/mol. The van der Waals surface area contributed by atoms with Crippen LogP contribution in [0.4, 0.5) is 13.2 Å². The average Bonchev–Trinajstić information content (AvgIpc) is 3.09. The Bertz CT molecular complexity index is 1480. The molecule has 29 heavy (non-hydrogen) atoms. The number of rotatable bonds is 1. The van der Waals surface area contributed by atoms with E-state index >= 15 is 0 Å². The first-order chi connectivity index (χ1) is 13.8. The number of alkyl halides is 3. The number of hydrogen-bond donors (Lipinski definition) is 0. The minimum Gasteiger partial charge on any atom is -0.333 e. The van der Waals surface area contributed by atoms with Gasteiger partial charge in [0.1, 0.15) is 11.5 Å². The number of benzene rings is 1. The van der Waals surface area contributed by atoms with Crippen molar-refractivity contribution in [3.63, 3.8) is 0 Å². The molecule has 0 saturated carbocycles.